The van der Waals surface area contributed by atoms with Gasteiger partial charge in [0.2, 0.25) is 15.9 Å². The third-order valence-electron chi connectivity index (χ3n) is 4.27. The molecule has 1 aromatic rings. The highest BCUT2D eigenvalue weighted by Crippen LogP contribution is 2.27. The Morgan fingerprint density at radius 2 is 1.68 bits per heavy atom. The van der Waals surface area contributed by atoms with Gasteiger partial charge in [-0.1, -0.05) is 6.07 Å². The number of sulfonamides is 1. The van der Waals surface area contributed by atoms with Gasteiger partial charge in [-0.3, -0.25) is 4.79 Å². The molecule has 140 valence electrons. The van der Waals surface area contributed by atoms with E-state index in [1.807, 2.05) is 0 Å². The van der Waals surface area contributed by atoms with Gasteiger partial charge in [-0.15, -0.1) is 0 Å². The summed E-state index contributed by atoms with van der Waals surface area (Å²) in [6.07, 6.45) is 0.997. The van der Waals surface area contributed by atoms with E-state index in [1.165, 1.54) is 28.3 Å². The van der Waals surface area contributed by atoms with Gasteiger partial charge in [0.15, 0.2) is 9.84 Å². The minimum Gasteiger partial charge on any atom is -0.507 e. The van der Waals surface area contributed by atoms with Crippen molar-refractivity contribution in [2.45, 2.75) is 24.0 Å². The molecule has 1 aromatic carbocycles. The second-order valence-corrected chi connectivity index (χ2v) is 10.4. The van der Waals surface area contributed by atoms with Gasteiger partial charge < -0.3 is 10.0 Å². The molecule has 1 heterocycles. The highest BCUT2D eigenvalue weighted by atomic mass is 32.2. The Bertz CT molecular complexity index is 871. The first-order chi connectivity index (χ1) is 11.4. The summed E-state index contributed by atoms with van der Waals surface area (Å²) in [7, 11) is -7.39. The molecule has 10 heteroatoms. The van der Waals surface area contributed by atoms with Gasteiger partial charge >= 0.3 is 0 Å². The Hall–Kier alpha value is -1.65. The maximum Gasteiger partial charge on any atom is 0.246 e. The van der Waals surface area contributed by atoms with Gasteiger partial charge in [0.05, 0.1) is 0 Å². The van der Waals surface area contributed by atoms with E-state index in [1.54, 1.807) is 13.0 Å². The number of piperazine rings is 1. The minimum absolute atomic E-state index is 0.0396. The van der Waals surface area contributed by atoms with Crippen LogP contribution in [0.5, 0.6) is 5.75 Å². The molecule has 1 fully saturated rings. The molecule has 0 radical (unpaired) electrons. The first-order valence-corrected chi connectivity index (χ1v) is 11.1. The quantitative estimate of drug-likeness (QED) is 0.772. The number of sulfone groups is 1. The van der Waals surface area contributed by atoms with Crippen LogP contribution < -0.4 is 0 Å². The van der Waals surface area contributed by atoms with Crippen molar-refractivity contribution in [1.29, 1.82) is 0 Å². The lowest BCUT2D eigenvalue weighted by Gasteiger charge is -2.35. The molecule has 1 saturated heterocycles. The largest absolute Gasteiger partial charge is 0.507 e. The molecular formula is C15H22N2O6S2. The second-order valence-electron chi connectivity index (χ2n) is 6.17. The van der Waals surface area contributed by atoms with Crippen LogP contribution in [0.2, 0.25) is 0 Å². The average molecular weight is 390 g/mol. The second kappa shape index (κ2) is 6.93. The summed E-state index contributed by atoms with van der Waals surface area (Å²) in [4.78, 5) is 13.4. The molecule has 0 spiro atoms. The van der Waals surface area contributed by atoms with Gasteiger partial charge in [0.25, 0.3) is 0 Å². The van der Waals surface area contributed by atoms with Crippen molar-refractivity contribution in [2.75, 3.05) is 32.4 Å². The zero-order valence-electron chi connectivity index (χ0n) is 14.3. The topological polar surface area (TPSA) is 112 Å². The van der Waals surface area contributed by atoms with Gasteiger partial charge in [0, 0.05) is 32.4 Å². The molecule has 1 aliphatic heterocycles. The lowest BCUT2D eigenvalue weighted by molar-refractivity contribution is -0.131. The van der Waals surface area contributed by atoms with Crippen LogP contribution in [0.1, 0.15) is 12.5 Å². The van der Waals surface area contributed by atoms with Crippen molar-refractivity contribution in [2.24, 2.45) is 0 Å². The van der Waals surface area contributed by atoms with Crippen LogP contribution in [0.25, 0.3) is 0 Å². The minimum atomic E-state index is -3.89. The number of carbonyl (C=O) groups is 1. The Morgan fingerprint density at radius 1 is 1.12 bits per heavy atom. The van der Waals surface area contributed by atoms with Crippen molar-refractivity contribution < 1.29 is 26.7 Å². The monoisotopic (exact) mass is 390 g/mol. The smallest absolute Gasteiger partial charge is 0.246 e. The van der Waals surface area contributed by atoms with Crippen LogP contribution in [-0.2, 0) is 24.7 Å². The van der Waals surface area contributed by atoms with E-state index in [2.05, 4.69) is 0 Å². The predicted octanol–water partition coefficient (Wildman–Crippen LogP) is -0.0334. The molecule has 0 saturated carbocycles. The highest BCUT2D eigenvalue weighted by Gasteiger charge is 2.34. The highest BCUT2D eigenvalue weighted by molar-refractivity contribution is 7.92. The van der Waals surface area contributed by atoms with Gasteiger partial charge in [-0.05, 0) is 31.5 Å². The van der Waals surface area contributed by atoms with E-state index in [0.29, 0.717) is 5.56 Å². The summed E-state index contributed by atoms with van der Waals surface area (Å²) in [6.45, 7) is 3.33. The van der Waals surface area contributed by atoms with Gasteiger partial charge in [-0.2, -0.15) is 4.31 Å². The number of hydrogen-bond donors (Lipinski definition) is 1. The van der Waals surface area contributed by atoms with Crippen molar-refractivity contribution >= 4 is 25.8 Å². The van der Waals surface area contributed by atoms with E-state index in [9.17, 15) is 26.7 Å². The Morgan fingerprint density at radius 3 is 2.20 bits per heavy atom. The first-order valence-electron chi connectivity index (χ1n) is 7.72. The van der Waals surface area contributed by atoms with Gasteiger partial charge in [0.1, 0.15) is 15.9 Å². The van der Waals surface area contributed by atoms with Crippen LogP contribution in [0, 0.1) is 6.92 Å². The number of hydrogen-bond acceptors (Lipinski definition) is 6. The molecule has 0 aliphatic carbocycles. The van der Waals surface area contributed by atoms with Crippen LogP contribution >= 0.6 is 0 Å². The maximum atomic E-state index is 12.7. The molecule has 2 rings (SSSR count). The third kappa shape index (κ3) is 4.13. The summed E-state index contributed by atoms with van der Waals surface area (Å²) in [5.41, 5.74) is 0.701. The van der Waals surface area contributed by atoms with Crippen LogP contribution in [0.3, 0.4) is 0 Å². The van der Waals surface area contributed by atoms with E-state index in [-0.39, 0.29) is 36.8 Å². The molecule has 1 atom stereocenters. The number of nitrogens with zero attached hydrogens (tertiary/aromatic N) is 2. The van der Waals surface area contributed by atoms with Crippen molar-refractivity contribution in [3.8, 4) is 5.75 Å². The lowest BCUT2D eigenvalue weighted by Crippen LogP contribution is -2.53. The van der Waals surface area contributed by atoms with E-state index < -0.39 is 31.0 Å². The van der Waals surface area contributed by atoms with Crippen molar-refractivity contribution in [3.05, 3.63) is 23.8 Å². The average Bonchev–Trinajstić information content (AvgIpc) is 2.54. The van der Waals surface area contributed by atoms with E-state index in [0.717, 1.165) is 6.26 Å². The third-order valence-corrected chi connectivity index (χ3v) is 7.69. The van der Waals surface area contributed by atoms with Crippen molar-refractivity contribution in [1.82, 2.24) is 9.21 Å². The van der Waals surface area contributed by atoms with E-state index >= 15 is 0 Å². The molecule has 0 aromatic heterocycles. The Labute approximate surface area is 148 Å². The molecular weight excluding hydrogens is 368 g/mol. The number of aryl methyl sites for hydroxylation is 1. The number of phenolic OH excluding ortho intramolecular Hbond substituents is 1. The normalized spacial score (nSPS) is 18.1. The fourth-order valence-corrected chi connectivity index (χ4v) is 4.66. The number of rotatable bonds is 4. The zero-order chi connectivity index (χ0) is 19.0. The predicted molar refractivity (Wildman–Crippen MR) is 92.5 cm³/mol. The Kier molecular flexibility index (Phi) is 5.45. The van der Waals surface area contributed by atoms with Gasteiger partial charge in [-0.25, -0.2) is 16.8 Å². The summed E-state index contributed by atoms with van der Waals surface area (Å²) in [5.74, 6) is -0.854. The Balaban J connectivity index is 2.14. The number of phenols is 1. The molecule has 1 unspecified atom stereocenters. The maximum absolute atomic E-state index is 12.7. The molecule has 1 amide bonds. The molecule has 25 heavy (non-hydrogen) atoms. The van der Waals surface area contributed by atoms with Crippen LogP contribution in [0.15, 0.2) is 23.1 Å². The molecule has 1 aliphatic rings. The SMILES string of the molecule is Cc1ccc(O)c(S(=O)(=O)N2CCN(C(=O)C(C)S(C)(=O)=O)CC2)c1. The summed E-state index contributed by atoms with van der Waals surface area (Å²) in [6, 6.07) is 4.33. The first kappa shape index (κ1) is 19.7. The lowest BCUT2D eigenvalue weighted by atomic mass is 10.2. The fourth-order valence-electron chi connectivity index (χ4n) is 2.56. The standard InChI is InChI=1S/C15H22N2O6S2/c1-11-4-5-13(18)14(10-11)25(22,23)17-8-6-16(7-9-17)15(19)12(2)24(3,20)21/h4-5,10,12,18H,6-9H2,1-3H3. The molecule has 0 bridgehead atoms. The number of benzene rings is 1. The van der Waals surface area contributed by atoms with Crippen molar-refractivity contribution in [3.63, 3.8) is 0 Å². The number of carbonyl (C=O) groups excluding carboxylic acids is 1. The zero-order valence-corrected chi connectivity index (χ0v) is 16.0. The molecule has 1 N–H and O–H groups in total. The summed E-state index contributed by atoms with van der Waals surface area (Å²) in [5, 5.41) is 8.71. The number of aromatic hydroxyl groups is 1. The molecule has 8 nitrogen and oxygen atoms in total. The van der Waals surface area contributed by atoms with E-state index in [4.69, 9.17) is 0 Å². The van der Waals surface area contributed by atoms with Crippen LogP contribution in [0.4, 0.5) is 0 Å². The summed E-state index contributed by atoms with van der Waals surface area (Å²) < 4.78 is 49.6. The fraction of sp³-hybridized carbons (Fsp3) is 0.533. The number of amides is 1. The summed E-state index contributed by atoms with van der Waals surface area (Å²) >= 11 is 0. The van der Waals surface area contributed by atoms with Crippen LogP contribution in [-0.4, -0.2) is 74.7 Å².